The maximum Gasteiger partial charge on any atom is 0.333 e. The van der Waals surface area contributed by atoms with E-state index < -0.39 is 17.9 Å². The van der Waals surface area contributed by atoms with Crippen molar-refractivity contribution < 1.29 is 14.3 Å². The lowest BCUT2D eigenvalue weighted by atomic mass is 9.97. The van der Waals surface area contributed by atoms with Gasteiger partial charge in [0.25, 0.3) is 5.91 Å². The number of aromatic amines is 1. The van der Waals surface area contributed by atoms with E-state index in [1.807, 2.05) is 26.0 Å². The summed E-state index contributed by atoms with van der Waals surface area (Å²) in [6, 6.07) is 7.25. The molecule has 1 aromatic heterocycles. The van der Waals surface area contributed by atoms with Gasteiger partial charge in [-0.25, -0.2) is 4.79 Å². The molecule has 0 aliphatic heterocycles. The maximum absolute atomic E-state index is 12.4. The third kappa shape index (κ3) is 3.90. The van der Waals surface area contributed by atoms with Crippen molar-refractivity contribution in [3.8, 4) is 0 Å². The van der Waals surface area contributed by atoms with Gasteiger partial charge in [-0.2, -0.15) is 0 Å². The molecule has 0 spiro atoms. The van der Waals surface area contributed by atoms with Crippen molar-refractivity contribution in [2.24, 2.45) is 0 Å². The van der Waals surface area contributed by atoms with Gasteiger partial charge in [0.2, 0.25) is 5.56 Å². The molecule has 24 heavy (non-hydrogen) atoms. The molecule has 2 N–H and O–H groups in total. The first-order valence-electron chi connectivity index (χ1n) is 7.66. The highest BCUT2D eigenvalue weighted by Gasteiger charge is 2.26. The van der Waals surface area contributed by atoms with Gasteiger partial charge in [0.1, 0.15) is 0 Å². The average molecular weight is 328 g/mol. The molecule has 0 saturated heterocycles. The first-order chi connectivity index (χ1) is 11.4. The second-order valence-electron chi connectivity index (χ2n) is 5.39. The molecule has 0 aliphatic carbocycles. The van der Waals surface area contributed by atoms with Crippen LogP contribution in [0.25, 0.3) is 0 Å². The van der Waals surface area contributed by atoms with Crippen molar-refractivity contribution in [1.82, 2.24) is 10.3 Å². The van der Waals surface area contributed by atoms with Crippen LogP contribution >= 0.6 is 0 Å². The smallest absolute Gasteiger partial charge is 0.333 e. The Bertz CT molecular complexity index is 811. The molecule has 0 unspecified atom stereocenters. The highest BCUT2D eigenvalue weighted by Crippen LogP contribution is 2.22. The number of pyridine rings is 1. The van der Waals surface area contributed by atoms with Crippen LogP contribution in [0, 0.1) is 13.8 Å². The van der Waals surface area contributed by atoms with E-state index in [4.69, 9.17) is 4.74 Å². The molecule has 0 fully saturated rings. The highest BCUT2D eigenvalue weighted by molar-refractivity contribution is 5.97. The number of aromatic nitrogens is 1. The summed E-state index contributed by atoms with van der Waals surface area (Å²) in [6.07, 6.45) is 1.38. The van der Waals surface area contributed by atoms with Crippen LogP contribution in [0.1, 0.15) is 40.0 Å². The van der Waals surface area contributed by atoms with E-state index in [-0.39, 0.29) is 17.7 Å². The Balaban J connectivity index is 2.37. The molecule has 0 saturated carbocycles. The number of benzene rings is 1. The number of amides is 1. The Labute approximate surface area is 139 Å². The third-order valence-electron chi connectivity index (χ3n) is 3.79. The van der Waals surface area contributed by atoms with E-state index in [2.05, 4.69) is 10.3 Å². The van der Waals surface area contributed by atoms with Gasteiger partial charge < -0.3 is 15.0 Å². The Morgan fingerprint density at radius 3 is 2.67 bits per heavy atom. The van der Waals surface area contributed by atoms with Crippen LogP contribution in [0.5, 0.6) is 0 Å². The van der Waals surface area contributed by atoms with Crippen molar-refractivity contribution in [2.75, 3.05) is 6.61 Å². The summed E-state index contributed by atoms with van der Waals surface area (Å²) in [6.45, 7) is 5.73. The molecule has 126 valence electrons. The quantitative estimate of drug-likeness (QED) is 0.822. The minimum Gasteiger partial charge on any atom is -0.464 e. The van der Waals surface area contributed by atoms with Gasteiger partial charge in [-0.05, 0) is 43.5 Å². The minimum atomic E-state index is -0.934. The van der Waals surface area contributed by atoms with E-state index >= 15 is 0 Å². The summed E-state index contributed by atoms with van der Waals surface area (Å²) >= 11 is 0. The number of ether oxygens (including phenoxy) is 1. The standard InChI is InChI=1S/C18H20N2O4/c1-4-24-18(23)16(14-7-5-6-11(2)12(14)3)20-17(22)13-8-9-19-15(21)10-13/h5-10,16H,4H2,1-3H3,(H,19,21)(H,20,22)/t16-/m0/s1. The fourth-order valence-corrected chi connectivity index (χ4v) is 2.38. The number of hydrogen-bond acceptors (Lipinski definition) is 4. The van der Waals surface area contributed by atoms with Crippen LogP contribution in [0.2, 0.25) is 0 Å². The molecule has 1 heterocycles. The van der Waals surface area contributed by atoms with Crippen LogP contribution in [0.3, 0.4) is 0 Å². The van der Waals surface area contributed by atoms with Crippen molar-refractivity contribution in [3.05, 3.63) is 69.1 Å². The number of carbonyl (C=O) groups is 2. The number of carbonyl (C=O) groups excluding carboxylic acids is 2. The summed E-state index contributed by atoms with van der Waals surface area (Å²) in [5.41, 5.74) is 2.38. The normalized spacial score (nSPS) is 11.6. The zero-order chi connectivity index (χ0) is 17.7. The van der Waals surface area contributed by atoms with E-state index in [0.29, 0.717) is 5.56 Å². The van der Waals surface area contributed by atoms with Crippen molar-refractivity contribution in [1.29, 1.82) is 0 Å². The van der Waals surface area contributed by atoms with E-state index in [0.717, 1.165) is 11.1 Å². The topological polar surface area (TPSA) is 88.3 Å². The van der Waals surface area contributed by atoms with Crippen LogP contribution in [-0.2, 0) is 9.53 Å². The van der Waals surface area contributed by atoms with Crippen molar-refractivity contribution in [3.63, 3.8) is 0 Å². The molecule has 0 bridgehead atoms. The third-order valence-corrected chi connectivity index (χ3v) is 3.79. The fourth-order valence-electron chi connectivity index (χ4n) is 2.38. The second-order valence-corrected chi connectivity index (χ2v) is 5.39. The van der Waals surface area contributed by atoms with Crippen molar-refractivity contribution >= 4 is 11.9 Å². The lowest BCUT2D eigenvalue weighted by molar-refractivity contribution is -0.145. The summed E-state index contributed by atoms with van der Waals surface area (Å²) in [7, 11) is 0. The van der Waals surface area contributed by atoms with E-state index in [1.165, 1.54) is 18.3 Å². The van der Waals surface area contributed by atoms with Gasteiger partial charge in [-0.1, -0.05) is 18.2 Å². The molecular formula is C18H20N2O4. The van der Waals surface area contributed by atoms with Crippen LogP contribution in [0.4, 0.5) is 0 Å². The van der Waals surface area contributed by atoms with Gasteiger partial charge in [0.15, 0.2) is 6.04 Å². The van der Waals surface area contributed by atoms with Crippen LogP contribution in [-0.4, -0.2) is 23.5 Å². The molecular weight excluding hydrogens is 308 g/mol. The molecule has 0 aliphatic rings. The predicted molar refractivity (Wildman–Crippen MR) is 89.8 cm³/mol. The molecule has 1 atom stereocenters. The van der Waals surface area contributed by atoms with Gasteiger partial charge in [-0.15, -0.1) is 0 Å². The number of rotatable bonds is 5. The lowest BCUT2D eigenvalue weighted by Crippen LogP contribution is -2.36. The van der Waals surface area contributed by atoms with Gasteiger partial charge in [-0.3, -0.25) is 9.59 Å². The number of esters is 1. The highest BCUT2D eigenvalue weighted by atomic mass is 16.5. The molecule has 2 aromatic rings. The average Bonchev–Trinajstić information content (AvgIpc) is 2.55. The van der Waals surface area contributed by atoms with Gasteiger partial charge in [0.05, 0.1) is 6.61 Å². The van der Waals surface area contributed by atoms with Gasteiger partial charge in [0, 0.05) is 17.8 Å². The zero-order valence-electron chi connectivity index (χ0n) is 13.9. The monoisotopic (exact) mass is 328 g/mol. The van der Waals surface area contributed by atoms with Crippen LogP contribution < -0.4 is 10.9 Å². The second kappa shape index (κ2) is 7.59. The van der Waals surface area contributed by atoms with Crippen LogP contribution in [0.15, 0.2) is 41.3 Å². The van der Waals surface area contributed by atoms with Gasteiger partial charge >= 0.3 is 5.97 Å². The Morgan fingerprint density at radius 2 is 2.00 bits per heavy atom. The predicted octanol–water partition coefficient (Wildman–Crippen LogP) is 2.03. The Kier molecular flexibility index (Phi) is 5.52. The first kappa shape index (κ1) is 17.5. The maximum atomic E-state index is 12.4. The van der Waals surface area contributed by atoms with E-state index in [9.17, 15) is 14.4 Å². The fraction of sp³-hybridized carbons (Fsp3) is 0.278. The molecule has 2 rings (SSSR count). The Hall–Kier alpha value is -2.89. The molecule has 1 aromatic carbocycles. The summed E-state index contributed by atoms with van der Waals surface area (Å²) in [5.74, 6) is -1.05. The summed E-state index contributed by atoms with van der Waals surface area (Å²) in [5, 5.41) is 2.66. The largest absolute Gasteiger partial charge is 0.464 e. The first-order valence-corrected chi connectivity index (χ1v) is 7.66. The Morgan fingerprint density at radius 1 is 1.25 bits per heavy atom. The number of aryl methyl sites for hydroxylation is 1. The summed E-state index contributed by atoms with van der Waals surface area (Å²) in [4.78, 5) is 38.6. The molecule has 1 amide bonds. The zero-order valence-corrected chi connectivity index (χ0v) is 13.9. The summed E-state index contributed by atoms with van der Waals surface area (Å²) < 4.78 is 5.09. The number of H-pyrrole nitrogens is 1. The molecule has 6 heteroatoms. The lowest BCUT2D eigenvalue weighted by Gasteiger charge is -2.20. The van der Waals surface area contributed by atoms with Crippen molar-refractivity contribution in [2.45, 2.75) is 26.8 Å². The molecule has 0 radical (unpaired) electrons. The molecule has 6 nitrogen and oxygen atoms in total. The minimum absolute atomic E-state index is 0.179. The number of hydrogen-bond donors (Lipinski definition) is 2. The number of nitrogens with one attached hydrogen (secondary N) is 2. The van der Waals surface area contributed by atoms with E-state index in [1.54, 1.807) is 13.0 Å². The SMILES string of the molecule is CCOC(=O)[C@@H](NC(=O)c1cc[nH]c(=O)c1)c1cccc(C)c1C.